The number of anilines is 2. The van der Waals surface area contributed by atoms with Crippen molar-refractivity contribution in [2.45, 2.75) is 45.2 Å². The van der Waals surface area contributed by atoms with Gasteiger partial charge in [-0.2, -0.15) is 13.9 Å². The smallest absolute Gasteiger partial charge is 0.344 e. The van der Waals surface area contributed by atoms with Crippen molar-refractivity contribution < 1.29 is 17.6 Å². The number of hydrogen-bond acceptors (Lipinski definition) is 5. The Morgan fingerprint density at radius 3 is 2.63 bits per heavy atom. The molecule has 0 bridgehead atoms. The van der Waals surface area contributed by atoms with Gasteiger partial charge in [-0.15, -0.1) is 10.2 Å². The number of hydrogen-bond donors (Lipinski definition) is 1. The lowest BCUT2D eigenvalue weighted by Crippen LogP contribution is -2.29. The first-order chi connectivity index (χ1) is 16.7. The topological polar surface area (TPSA) is 78.4 Å². The van der Waals surface area contributed by atoms with E-state index in [-0.39, 0.29) is 17.8 Å². The molecule has 4 aromatic heterocycles. The molecule has 1 N–H and O–H groups in total. The van der Waals surface area contributed by atoms with Gasteiger partial charge in [-0.3, -0.25) is 4.68 Å². The highest BCUT2D eigenvalue weighted by Crippen LogP contribution is 2.52. The molecule has 0 radical (unpaired) electrons. The molecule has 0 amide bonds. The van der Waals surface area contributed by atoms with Crippen molar-refractivity contribution in [1.82, 2.24) is 34.1 Å². The Labute approximate surface area is 197 Å². The Morgan fingerprint density at radius 2 is 1.94 bits per heavy atom. The van der Waals surface area contributed by atoms with Crippen LogP contribution in [0.15, 0.2) is 36.8 Å². The average Bonchev–Trinajstić information content (AvgIpc) is 3.09. The van der Waals surface area contributed by atoms with E-state index < -0.39 is 18.2 Å². The second-order valence-corrected chi connectivity index (χ2v) is 9.45. The Morgan fingerprint density at radius 1 is 1.14 bits per heavy atom. The van der Waals surface area contributed by atoms with Crippen LogP contribution in [0.1, 0.15) is 24.2 Å². The Hall–Kier alpha value is -3.70. The third kappa shape index (κ3) is 3.50. The summed E-state index contributed by atoms with van der Waals surface area (Å²) in [5.41, 5.74) is 2.98. The fraction of sp³-hybridized carbons (Fsp3) is 0.391. The minimum absolute atomic E-state index is 0.176. The van der Waals surface area contributed by atoms with Crippen LogP contribution < -0.4 is 5.32 Å². The minimum Gasteiger partial charge on any atom is -0.344 e. The quantitative estimate of drug-likeness (QED) is 0.412. The van der Waals surface area contributed by atoms with Gasteiger partial charge in [0.25, 0.3) is 0 Å². The van der Waals surface area contributed by atoms with Crippen LogP contribution in [0.4, 0.5) is 29.2 Å². The average molecular weight is 486 g/mol. The molecular formula is C23H22F4N8. The number of pyridine rings is 1. The number of aromatic nitrogens is 7. The highest BCUT2D eigenvalue weighted by Gasteiger charge is 2.52. The molecule has 8 nitrogen and oxygen atoms in total. The predicted octanol–water partition coefficient (Wildman–Crippen LogP) is 4.74. The summed E-state index contributed by atoms with van der Waals surface area (Å²) >= 11 is 0. The maximum Gasteiger partial charge on any atom is 0.365 e. The Balaban J connectivity index is 1.44. The normalized spacial score (nSPS) is 16.3. The highest BCUT2D eigenvalue weighted by molar-refractivity contribution is 5.75. The van der Waals surface area contributed by atoms with E-state index in [0.717, 1.165) is 35.3 Å². The number of nitrogens with one attached hydrogen (secondary N) is 1. The van der Waals surface area contributed by atoms with Crippen LogP contribution in [0.3, 0.4) is 0 Å². The van der Waals surface area contributed by atoms with Crippen LogP contribution >= 0.6 is 0 Å². The van der Waals surface area contributed by atoms with E-state index in [1.807, 2.05) is 42.9 Å². The molecule has 5 heterocycles. The van der Waals surface area contributed by atoms with Crippen molar-refractivity contribution in [3.63, 3.8) is 0 Å². The fourth-order valence-corrected chi connectivity index (χ4v) is 4.73. The monoisotopic (exact) mass is 486 g/mol. The fourth-order valence-electron chi connectivity index (χ4n) is 4.73. The van der Waals surface area contributed by atoms with E-state index in [2.05, 4.69) is 25.6 Å². The summed E-state index contributed by atoms with van der Waals surface area (Å²) in [7, 11) is 1.82. The number of aryl methyl sites for hydroxylation is 2. The first kappa shape index (κ1) is 21.8. The molecule has 6 rings (SSSR count). The maximum absolute atomic E-state index is 14.3. The molecule has 0 unspecified atom stereocenters. The summed E-state index contributed by atoms with van der Waals surface area (Å²) in [4.78, 5) is 4.45. The number of alkyl halides is 4. The first-order valence-corrected chi connectivity index (χ1v) is 11.2. The molecule has 1 aliphatic heterocycles. The van der Waals surface area contributed by atoms with Crippen molar-refractivity contribution in [2.75, 3.05) is 5.32 Å². The highest BCUT2D eigenvalue weighted by atomic mass is 19.3. The maximum atomic E-state index is 14.3. The van der Waals surface area contributed by atoms with E-state index in [1.54, 1.807) is 17.1 Å². The molecule has 0 saturated heterocycles. The zero-order chi connectivity index (χ0) is 24.5. The summed E-state index contributed by atoms with van der Waals surface area (Å²) in [5, 5.41) is 14.9. The second-order valence-electron chi connectivity index (χ2n) is 9.45. The van der Waals surface area contributed by atoms with E-state index in [9.17, 15) is 17.6 Å². The molecule has 1 saturated carbocycles. The van der Waals surface area contributed by atoms with Crippen molar-refractivity contribution in [3.8, 4) is 22.6 Å². The van der Waals surface area contributed by atoms with Crippen LogP contribution in [-0.2, 0) is 26.1 Å². The molecule has 1 spiro atoms. The molecule has 1 aliphatic carbocycles. The van der Waals surface area contributed by atoms with Gasteiger partial charge in [-0.1, -0.05) is 0 Å². The summed E-state index contributed by atoms with van der Waals surface area (Å²) in [6, 6.07) is 5.59. The van der Waals surface area contributed by atoms with Crippen LogP contribution in [0, 0.1) is 12.3 Å². The third-order valence-electron chi connectivity index (χ3n) is 6.90. The molecule has 4 aromatic rings. The second kappa shape index (κ2) is 7.40. The first-order valence-electron chi connectivity index (χ1n) is 11.2. The zero-order valence-corrected chi connectivity index (χ0v) is 19.0. The number of halogens is 4. The summed E-state index contributed by atoms with van der Waals surface area (Å²) < 4.78 is 59.9. The van der Waals surface area contributed by atoms with Crippen LogP contribution in [0.5, 0.6) is 0 Å². The number of nitrogens with zero attached hydrogens (tertiary/aromatic N) is 7. The van der Waals surface area contributed by atoms with Gasteiger partial charge in [0.2, 0.25) is 5.82 Å². The lowest BCUT2D eigenvalue weighted by Gasteiger charge is -2.19. The summed E-state index contributed by atoms with van der Waals surface area (Å²) in [6.45, 7) is 2.72. The minimum atomic E-state index is -4.38. The van der Waals surface area contributed by atoms with Gasteiger partial charge in [0, 0.05) is 49.6 Å². The van der Waals surface area contributed by atoms with Gasteiger partial charge >= 0.3 is 12.3 Å². The van der Waals surface area contributed by atoms with E-state index in [0.29, 0.717) is 18.1 Å². The molecule has 12 heteroatoms. The van der Waals surface area contributed by atoms with Gasteiger partial charge < -0.3 is 14.5 Å². The molecule has 182 valence electrons. The van der Waals surface area contributed by atoms with E-state index in [1.165, 1.54) is 4.57 Å². The van der Waals surface area contributed by atoms with Crippen molar-refractivity contribution in [2.24, 2.45) is 12.5 Å². The Kier molecular flexibility index (Phi) is 4.61. The largest absolute Gasteiger partial charge is 0.365 e. The van der Waals surface area contributed by atoms with Gasteiger partial charge in [0.15, 0.2) is 5.82 Å². The third-order valence-corrected chi connectivity index (χ3v) is 6.90. The van der Waals surface area contributed by atoms with Gasteiger partial charge in [-0.25, -0.2) is 13.8 Å². The van der Waals surface area contributed by atoms with E-state index in [4.69, 9.17) is 0 Å². The lowest BCUT2D eigenvalue weighted by molar-refractivity contribution is -0.143. The molecule has 35 heavy (non-hydrogen) atoms. The molecule has 2 aliphatic rings. The van der Waals surface area contributed by atoms with Gasteiger partial charge in [0.05, 0.1) is 11.9 Å². The number of fused-ring (bicyclic) bond motifs is 3. The van der Waals surface area contributed by atoms with Crippen molar-refractivity contribution in [3.05, 3.63) is 48.2 Å². The van der Waals surface area contributed by atoms with Gasteiger partial charge in [0.1, 0.15) is 11.6 Å². The SMILES string of the molecule is Cc1cnc(Nc2ccnn2C)cc1-c1cc2n(c1)CC1(CC1)Cn1c-2nnc1C(F)(F)C(F)F. The van der Waals surface area contributed by atoms with E-state index >= 15 is 0 Å². The summed E-state index contributed by atoms with van der Waals surface area (Å²) in [5.74, 6) is -3.78. The van der Waals surface area contributed by atoms with Crippen molar-refractivity contribution >= 4 is 11.6 Å². The molecular weight excluding hydrogens is 464 g/mol. The number of rotatable bonds is 5. The zero-order valence-electron chi connectivity index (χ0n) is 19.0. The van der Waals surface area contributed by atoms with Crippen molar-refractivity contribution in [1.29, 1.82) is 0 Å². The van der Waals surface area contributed by atoms with Gasteiger partial charge in [-0.05, 0) is 43.0 Å². The van der Waals surface area contributed by atoms with Crippen LogP contribution in [0.2, 0.25) is 0 Å². The van der Waals surface area contributed by atoms with Crippen LogP contribution in [-0.4, -0.2) is 40.5 Å². The standard InChI is InChI=1S/C23H22F4N8/c1-13-9-28-17(30-18-3-6-29-33(18)2)8-15(13)14-7-16-19-31-32-21(23(26,27)20(24)25)35(19)12-22(4-5-22)11-34(16)10-14/h3,6-10,20H,4-5,11-12H2,1-2H3,(H,28,30). The Bertz CT molecular complexity index is 1430. The lowest BCUT2D eigenvalue weighted by atomic mass is 10.0. The molecule has 0 aromatic carbocycles. The molecule has 1 fully saturated rings. The molecule has 0 atom stereocenters. The van der Waals surface area contributed by atoms with Crippen LogP contribution in [0.25, 0.3) is 22.6 Å². The summed E-state index contributed by atoms with van der Waals surface area (Å²) in [6.07, 6.45) is 3.18. The predicted molar refractivity (Wildman–Crippen MR) is 119 cm³/mol.